The number of hydrogen-bond donors (Lipinski definition) is 3. The zero-order valence-electron chi connectivity index (χ0n) is 14.9. The van der Waals surface area contributed by atoms with E-state index >= 15 is 0 Å². The molecule has 0 saturated heterocycles. The predicted molar refractivity (Wildman–Crippen MR) is 88.6 cm³/mol. The number of carboxylic acid groups (broad SMARTS) is 2. The van der Waals surface area contributed by atoms with Crippen LogP contribution in [-0.2, 0) is 19.1 Å². The maximum atomic E-state index is 11.8. The summed E-state index contributed by atoms with van der Waals surface area (Å²) in [7, 11) is 3.04. The predicted octanol–water partition coefficient (Wildman–Crippen LogP) is 1.65. The Morgan fingerprint density at radius 1 is 1.29 bits per heavy atom. The Labute approximate surface area is 142 Å². The van der Waals surface area contributed by atoms with Crippen LogP contribution in [0.4, 0.5) is 0 Å². The van der Waals surface area contributed by atoms with Crippen molar-refractivity contribution in [1.29, 1.82) is 0 Å². The van der Waals surface area contributed by atoms with E-state index in [2.05, 4.69) is 5.32 Å². The van der Waals surface area contributed by atoms with Gasteiger partial charge < -0.3 is 25.0 Å². The monoisotopic (exact) mass is 341 g/mol. The molecule has 0 aliphatic heterocycles. The lowest BCUT2D eigenvalue weighted by Crippen LogP contribution is -2.39. The average molecular weight is 341 g/mol. The van der Waals surface area contributed by atoms with E-state index in [0.29, 0.717) is 24.2 Å². The second kappa shape index (κ2) is 8.41. The molecule has 0 aromatic rings. The summed E-state index contributed by atoms with van der Waals surface area (Å²) >= 11 is 0. The van der Waals surface area contributed by atoms with Gasteiger partial charge in [-0.05, 0) is 30.4 Å². The number of hydrogen-bond acceptors (Lipinski definition) is 5. The smallest absolute Gasteiger partial charge is 0.331 e. The van der Waals surface area contributed by atoms with Crippen molar-refractivity contribution in [2.24, 2.45) is 11.3 Å². The van der Waals surface area contributed by atoms with Crippen LogP contribution in [0.2, 0.25) is 0 Å². The maximum absolute atomic E-state index is 11.8. The van der Waals surface area contributed by atoms with Gasteiger partial charge in [0.25, 0.3) is 0 Å². The Morgan fingerprint density at radius 3 is 2.29 bits per heavy atom. The first kappa shape index (κ1) is 20.3. The molecule has 7 nitrogen and oxygen atoms in total. The average Bonchev–Trinajstić information content (AvgIpc) is 2.51. The van der Waals surface area contributed by atoms with Crippen LogP contribution >= 0.6 is 0 Å². The first-order valence-corrected chi connectivity index (χ1v) is 7.84. The molecule has 1 aliphatic carbocycles. The number of aliphatic carboxylic acids is 2. The summed E-state index contributed by atoms with van der Waals surface area (Å²) < 4.78 is 10.2. The molecule has 0 bridgehead atoms. The van der Waals surface area contributed by atoms with Gasteiger partial charge in [0.1, 0.15) is 0 Å². The van der Waals surface area contributed by atoms with Crippen molar-refractivity contribution in [2.75, 3.05) is 27.3 Å². The van der Waals surface area contributed by atoms with Crippen LogP contribution in [-0.4, -0.2) is 55.8 Å². The number of carboxylic acids is 2. The molecule has 0 spiro atoms. The highest BCUT2D eigenvalue weighted by molar-refractivity contribution is 5.92. The third-order valence-electron chi connectivity index (χ3n) is 4.61. The van der Waals surface area contributed by atoms with Crippen LogP contribution < -0.4 is 5.32 Å². The third kappa shape index (κ3) is 4.23. The second-order valence-corrected chi connectivity index (χ2v) is 6.30. The molecule has 0 radical (unpaired) electrons. The highest BCUT2D eigenvalue weighted by Gasteiger charge is 2.44. The molecular weight excluding hydrogens is 314 g/mol. The lowest BCUT2D eigenvalue weighted by Gasteiger charge is -2.35. The summed E-state index contributed by atoms with van der Waals surface area (Å²) in [5, 5.41) is 22.3. The summed E-state index contributed by atoms with van der Waals surface area (Å²) in [6.45, 7) is 6.04. The van der Waals surface area contributed by atoms with E-state index in [4.69, 9.17) is 9.47 Å². The SMILES string of the molecule is COC(CNCC1=C(C(=O)O)CC(C(=O)O)(C(C)C)C=C1C)OC. The van der Waals surface area contributed by atoms with Crippen molar-refractivity contribution in [3.05, 3.63) is 22.8 Å². The molecular formula is C17H27NO6. The first-order valence-electron chi connectivity index (χ1n) is 7.84. The van der Waals surface area contributed by atoms with Crippen LogP contribution in [0.25, 0.3) is 0 Å². The van der Waals surface area contributed by atoms with Gasteiger partial charge >= 0.3 is 11.9 Å². The van der Waals surface area contributed by atoms with E-state index in [-0.39, 0.29) is 17.9 Å². The zero-order chi connectivity index (χ0) is 18.5. The summed E-state index contributed by atoms with van der Waals surface area (Å²) in [5.41, 5.74) is 0.243. The molecule has 1 aliphatic rings. The van der Waals surface area contributed by atoms with Crippen LogP contribution in [0.1, 0.15) is 27.2 Å². The van der Waals surface area contributed by atoms with Gasteiger partial charge in [0, 0.05) is 32.9 Å². The second-order valence-electron chi connectivity index (χ2n) is 6.30. The minimum atomic E-state index is -1.19. The minimum Gasteiger partial charge on any atom is -0.481 e. The molecule has 0 aromatic carbocycles. The molecule has 0 heterocycles. The lowest BCUT2D eigenvalue weighted by molar-refractivity contribution is -0.148. The maximum Gasteiger partial charge on any atom is 0.331 e. The number of rotatable bonds is 9. The minimum absolute atomic E-state index is 0.0261. The Morgan fingerprint density at radius 2 is 1.88 bits per heavy atom. The molecule has 0 fully saturated rings. The normalized spacial score (nSPS) is 21.4. The Balaban J connectivity index is 3.08. The molecule has 1 unspecified atom stereocenters. The number of nitrogens with one attached hydrogen (secondary N) is 1. The van der Waals surface area contributed by atoms with Gasteiger partial charge in [-0.2, -0.15) is 0 Å². The summed E-state index contributed by atoms with van der Waals surface area (Å²) in [6, 6.07) is 0. The summed E-state index contributed by atoms with van der Waals surface area (Å²) in [6.07, 6.45) is 1.23. The van der Waals surface area contributed by atoms with Gasteiger partial charge in [-0.15, -0.1) is 0 Å². The largest absolute Gasteiger partial charge is 0.481 e. The summed E-state index contributed by atoms with van der Waals surface area (Å²) in [4.78, 5) is 23.5. The van der Waals surface area contributed by atoms with Crippen LogP contribution in [0.15, 0.2) is 22.8 Å². The highest BCUT2D eigenvalue weighted by atomic mass is 16.7. The summed E-state index contributed by atoms with van der Waals surface area (Å²) in [5.74, 6) is -2.30. The van der Waals surface area contributed by atoms with E-state index in [0.717, 1.165) is 0 Å². The fraction of sp³-hybridized carbons (Fsp3) is 0.647. The molecule has 0 amide bonds. The van der Waals surface area contributed by atoms with Crippen molar-refractivity contribution in [3.8, 4) is 0 Å². The lowest BCUT2D eigenvalue weighted by atomic mass is 9.67. The van der Waals surface area contributed by atoms with E-state index in [1.165, 1.54) is 14.2 Å². The van der Waals surface area contributed by atoms with Crippen molar-refractivity contribution in [2.45, 2.75) is 33.5 Å². The van der Waals surface area contributed by atoms with Crippen LogP contribution in [0.5, 0.6) is 0 Å². The molecule has 1 atom stereocenters. The first-order chi connectivity index (χ1) is 11.2. The molecule has 136 valence electrons. The van der Waals surface area contributed by atoms with Gasteiger partial charge in [0.05, 0.1) is 5.41 Å². The Kier molecular flexibility index (Phi) is 7.13. The molecule has 1 rings (SSSR count). The number of methoxy groups -OCH3 is 2. The van der Waals surface area contributed by atoms with Crippen molar-refractivity contribution >= 4 is 11.9 Å². The van der Waals surface area contributed by atoms with Crippen molar-refractivity contribution < 1.29 is 29.3 Å². The van der Waals surface area contributed by atoms with Gasteiger partial charge in [0.2, 0.25) is 0 Å². The van der Waals surface area contributed by atoms with Crippen molar-refractivity contribution in [3.63, 3.8) is 0 Å². The highest BCUT2D eigenvalue weighted by Crippen LogP contribution is 2.43. The number of carbonyl (C=O) groups is 2. The zero-order valence-corrected chi connectivity index (χ0v) is 14.9. The van der Waals surface area contributed by atoms with E-state index in [9.17, 15) is 19.8 Å². The Hall–Kier alpha value is -1.70. The van der Waals surface area contributed by atoms with Crippen LogP contribution in [0.3, 0.4) is 0 Å². The topological polar surface area (TPSA) is 105 Å². The van der Waals surface area contributed by atoms with Crippen LogP contribution in [0, 0.1) is 11.3 Å². The quantitative estimate of drug-likeness (QED) is 0.548. The molecule has 0 aromatic heterocycles. The standard InChI is InChI=1S/C17H27NO6/c1-10(2)17(16(21)22)6-11(3)13(12(7-17)15(19)20)8-18-9-14(23-4)24-5/h6,10,14,18H,7-9H2,1-5H3,(H,19,20)(H,21,22). The van der Waals surface area contributed by atoms with E-state index < -0.39 is 23.6 Å². The third-order valence-corrected chi connectivity index (χ3v) is 4.61. The Bertz CT molecular complexity index is 547. The molecule has 3 N–H and O–H groups in total. The van der Waals surface area contributed by atoms with Crippen molar-refractivity contribution in [1.82, 2.24) is 5.32 Å². The van der Waals surface area contributed by atoms with Gasteiger partial charge in [-0.25, -0.2) is 4.79 Å². The van der Waals surface area contributed by atoms with Gasteiger partial charge in [-0.1, -0.05) is 19.9 Å². The molecule has 7 heteroatoms. The van der Waals surface area contributed by atoms with Gasteiger partial charge in [0.15, 0.2) is 6.29 Å². The molecule has 0 saturated carbocycles. The molecule has 24 heavy (non-hydrogen) atoms. The fourth-order valence-corrected chi connectivity index (χ4v) is 2.95. The number of ether oxygens (including phenoxy) is 2. The van der Waals surface area contributed by atoms with Gasteiger partial charge in [-0.3, -0.25) is 4.79 Å². The van der Waals surface area contributed by atoms with E-state index in [1.54, 1.807) is 26.8 Å². The van der Waals surface area contributed by atoms with E-state index in [1.807, 2.05) is 0 Å². The fourth-order valence-electron chi connectivity index (χ4n) is 2.95.